The Balaban J connectivity index is 2.77. The molecule has 80 valence electrons. The summed E-state index contributed by atoms with van der Waals surface area (Å²) in [5, 5.41) is 0. The van der Waals surface area contributed by atoms with E-state index in [9.17, 15) is 4.79 Å². The Bertz CT molecular complexity index is 344. The van der Waals surface area contributed by atoms with Crippen LogP contribution in [0.15, 0.2) is 36.9 Å². The molecule has 0 N–H and O–H groups in total. The monoisotopic (exact) mass is 206 g/mol. The predicted molar refractivity (Wildman–Crippen MR) is 58.3 cm³/mol. The highest BCUT2D eigenvalue weighted by molar-refractivity contribution is 6.06. The SMILES string of the molecule is C=CC(=O)c1ccccc1OCCOC. The van der Waals surface area contributed by atoms with Crippen molar-refractivity contribution in [3.63, 3.8) is 0 Å². The van der Waals surface area contributed by atoms with Gasteiger partial charge in [0.25, 0.3) is 0 Å². The maximum absolute atomic E-state index is 11.4. The van der Waals surface area contributed by atoms with Crippen LogP contribution in [0.3, 0.4) is 0 Å². The second kappa shape index (κ2) is 5.98. The van der Waals surface area contributed by atoms with Gasteiger partial charge in [0.05, 0.1) is 12.2 Å². The first-order valence-corrected chi connectivity index (χ1v) is 4.67. The minimum Gasteiger partial charge on any atom is -0.490 e. The zero-order valence-corrected chi connectivity index (χ0v) is 8.73. The molecule has 0 spiro atoms. The van der Waals surface area contributed by atoms with Crippen LogP contribution in [0.2, 0.25) is 0 Å². The maximum atomic E-state index is 11.4. The summed E-state index contributed by atoms with van der Waals surface area (Å²) in [6, 6.07) is 7.08. The summed E-state index contributed by atoms with van der Waals surface area (Å²) >= 11 is 0. The van der Waals surface area contributed by atoms with Crippen LogP contribution < -0.4 is 4.74 Å². The van der Waals surface area contributed by atoms with E-state index in [1.54, 1.807) is 25.3 Å². The van der Waals surface area contributed by atoms with E-state index in [-0.39, 0.29) is 5.78 Å². The highest BCUT2D eigenvalue weighted by atomic mass is 16.5. The Labute approximate surface area is 89.3 Å². The highest BCUT2D eigenvalue weighted by Gasteiger charge is 2.07. The molecule has 3 nitrogen and oxygen atoms in total. The summed E-state index contributed by atoms with van der Waals surface area (Å²) in [4.78, 5) is 11.4. The van der Waals surface area contributed by atoms with E-state index in [0.717, 1.165) is 0 Å². The molecule has 0 fully saturated rings. The summed E-state index contributed by atoms with van der Waals surface area (Å²) in [6.45, 7) is 4.37. The lowest BCUT2D eigenvalue weighted by atomic mass is 10.1. The Morgan fingerprint density at radius 3 is 2.80 bits per heavy atom. The van der Waals surface area contributed by atoms with Crippen LogP contribution in [-0.2, 0) is 4.74 Å². The third kappa shape index (κ3) is 3.22. The molecule has 0 atom stereocenters. The average Bonchev–Trinajstić information content (AvgIpc) is 2.29. The number of hydrogen-bond donors (Lipinski definition) is 0. The minimum atomic E-state index is -0.136. The molecule has 0 heterocycles. The Kier molecular flexibility index (Phi) is 4.57. The van der Waals surface area contributed by atoms with Crippen molar-refractivity contribution >= 4 is 5.78 Å². The van der Waals surface area contributed by atoms with Gasteiger partial charge in [-0.05, 0) is 18.2 Å². The first-order valence-electron chi connectivity index (χ1n) is 4.67. The van der Waals surface area contributed by atoms with Crippen molar-refractivity contribution in [2.45, 2.75) is 0 Å². The molecule has 1 rings (SSSR count). The van der Waals surface area contributed by atoms with Gasteiger partial charge in [-0.1, -0.05) is 18.7 Å². The first kappa shape index (κ1) is 11.5. The molecule has 0 unspecified atom stereocenters. The number of para-hydroxylation sites is 1. The molecule has 0 aliphatic carbocycles. The number of rotatable bonds is 6. The van der Waals surface area contributed by atoms with Crippen molar-refractivity contribution in [1.29, 1.82) is 0 Å². The Morgan fingerprint density at radius 1 is 1.40 bits per heavy atom. The molecular weight excluding hydrogens is 192 g/mol. The second-order valence-corrected chi connectivity index (χ2v) is 2.91. The topological polar surface area (TPSA) is 35.5 Å². The van der Waals surface area contributed by atoms with Gasteiger partial charge in [0.1, 0.15) is 12.4 Å². The summed E-state index contributed by atoms with van der Waals surface area (Å²) in [5.74, 6) is 0.433. The van der Waals surface area contributed by atoms with E-state index in [0.29, 0.717) is 24.5 Å². The van der Waals surface area contributed by atoms with E-state index in [2.05, 4.69) is 6.58 Å². The van der Waals surface area contributed by atoms with Gasteiger partial charge in [0, 0.05) is 7.11 Å². The number of hydrogen-bond acceptors (Lipinski definition) is 3. The molecular formula is C12H14O3. The van der Waals surface area contributed by atoms with Crippen molar-refractivity contribution in [3.8, 4) is 5.75 Å². The average molecular weight is 206 g/mol. The molecule has 0 aromatic heterocycles. The summed E-state index contributed by atoms with van der Waals surface area (Å²) < 4.78 is 10.3. The summed E-state index contributed by atoms with van der Waals surface area (Å²) in [5.41, 5.74) is 0.531. The van der Waals surface area contributed by atoms with Crippen LogP contribution >= 0.6 is 0 Å². The number of ketones is 1. The van der Waals surface area contributed by atoms with E-state index in [4.69, 9.17) is 9.47 Å². The normalized spacial score (nSPS) is 9.67. The van der Waals surface area contributed by atoms with Crippen LogP contribution in [-0.4, -0.2) is 26.1 Å². The van der Waals surface area contributed by atoms with Crippen LogP contribution in [0.4, 0.5) is 0 Å². The fourth-order valence-electron chi connectivity index (χ4n) is 1.14. The van der Waals surface area contributed by atoms with Crippen molar-refractivity contribution < 1.29 is 14.3 Å². The largest absolute Gasteiger partial charge is 0.490 e. The molecule has 0 bridgehead atoms. The molecule has 1 aromatic rings. The van der Waals surface area contributed by atoms with Crippen molar-refractivity contribution in [2.75, 3.05) is 20.3 Å². The maximum Gasteiger partial charge on any atom is 0.188 e. The standard InChI is InChI=1S/C12H14O3/c1-3-11(13)10-6-4-5-7-12(10)15-9-8-14-2/h3-7H,1,8-9H2,2H3. The van der Waals surface area contributed by atoms with Gasteiger partial charge in [-0.15, -0.1) is 0 Å². The fourth-order valence-corrected chi connectivity index (χ4v) is 1.14. The van der Waals surface area contributed by atoms with Gasteiger partial charge in [0.2, 0.25) is 0 Å². The molecule has 0 saturated carbocycles. The molecule has 3 heteroatoms. The first-order chi connectivity index (χ1) is 7.29. The third-order valence-electron chi connectivity index (χ3n) is 1.88. The van der Waals surface area contributed by atoms with Gasteiger partial charge >= 0.3 is 0 Å². The van der Waals surface area contributed by atoms with E-state index in [1.165, 1.54) is 6.08 Å². The summed E-state index contributed by atoms with van der Waals surface area (Å²) in [7, 11) is 1.60. The molecule has 0 saturated heterocycles. The number of ether oxygens (including phenoxy) is 2. The predicted octanol–water partition coefficient (Wildman–Crippen LogP) is 2.08. The zero-order valence-electron chi connectivity index (χ0n) is 8.73. The van der Waals surface area contributed by atoms with E-state index >= 15 is 0 Å². The minimum absolute atomic E-state index is 0.136. The quantitative estimate of drug-likeness (QED) is 0.406. The van der Waals surface area contributed by atoms with Gasteiger partial charge in [0.15, 0.2) is 5.78 Å². The van der Waals surface area contributed by atoms with Crippen LogP contribution in [0.1, 0.15) is 10.4 Å². The zero-order chi connectivity index (χ0) is 11.1. The number of methoxy groups -OCH3 is 1. The van der Waals surface area contributed by atoms with E-state index in [1.807, 2.05) is 6.07 Å². The molecule has 0 radical (unpaired) electrons. The number of benzene rings is 1. The smallest absolute Gasteiger partial charge is 0.188 e. The molecule has 1 aromatic carbocycles. The lowest BCUT2D eigenvalue weighted by molar-refractivity contribution is 0.103. The van der Waals surface area contributed by atoms with E-state index < -0.39 is 0 Å². The fraction of sp³-hybridized carbons (Fsp3) is 0.250. The lowest BCUT2D eigenvalue weighted by Gasteiger charge is -2.08. The van der Waals surface area contributed by atoms with Crippen molar-refractivity contribution in [1.82, 2.24) is 0 Å². The Hall–Kier alpha value is -1.61. The van der Waals surface area contributed by atoms with Crippen LogP contribution in [0.5, 0.6) is 5.75 Å². The van der Waals surface area contributed by atoms with Gasteiger partial charge in [-0.2, -0.15) is 0 Å². The number of allylic oxidation sites excluding steroid dienone is 1. The Morgan fingerprint density at radius 2 is 2.13 bits per heavy atom. The van der Waals surface area contributed by atoms with Crippen molar-refractivity contribution in [2.24, 2.45) is 0 Å². The molecule has 0 aliphatic rings. The number of carbonyl (C=O) groups is 1. The molecule has 15 heavy (non-hydrogen) atoms. The number of carbonyl (C=O) groups excluding carboxylic acids is 1. The van der Waals surface area contributed by atoms with Crippen LogP contribution in [0.25, 0.3) is 0 Å². The second-order valence-electron chi connectivity index (χ2n) is 2.91. The van der Waals surface area contributed by atoms with Gasteiger partial charge < -0.3 is 9.47 Å². The van der Waals surface area contributed by atoms with Gasteiger partial charge in [-0.25, -0.2) is 0 Å². The van der Waals surface area contributed by atoms with Gasteiger partial charge in [-0.3, -0.25) is 4.79 Å². The molecule has 0 amide bonds. The molecule has 0 aliphatic heterocycles. The summed E-state index contributed by atoms with van der Waals surface area (Å²) in [6.07, 6.45) is 1.28. The van der Waals surface area contributed by atoms with Crippen LogP contribution in [0, 0.1) is 0 Å². The van der Waals surface area contributed by atoms with Crippen molar-refractivity contribution in [3.05, 3.63) is 42.5 Å². The lowest BCUT2D eigenvalue weighted by Crippen LogP contribution is -2.07. The third-order valence-corrected chi connectivity index (χ3v) is 1.88. The highest BCUT2D eigenvalue weighted by Crippen LogP contribution is 2.18.